The van der Waals surface area contributed by atoms with Gasteiger partial charge in [-0.25, -0.2) is 4.79 Å². The van der Waals surface area contributed by atoms with E-state index >= 15 is 0 Å². The van der Waals surface area contributed by atoms with E-state index in [1.807, 2.05) is 6.07 Å². The van der Waals surface area contributed by atoms with Crippen molar-refractivity contribution < 1.29 is 15.0 Å². The quantitative estimate of drug-likeness (QED) is 0.472. The first-order valence-corrected chi connectivity index (χ1v) is 11.9. The van der Waals surface area contributed by atoms with Crippen LogP contribution in [0.4, 0.5) is 0 Å². The van der Waals surface area contributed by atoms with Gasteiger partial charge in [-0.05, 0) is 87.2 Å². The normalized spacial score (nSPS) is 26.9. The van der Waals surface area contributed by atoms with E-state index in [9.17, 15) is 15.2 Å². The standard InChI is InChI=1S/C24H33NO3S/c1-2-24(14-5-15-24)22(26)9-4-8-20-17(10-11-18(20)16-25)6-3-7-19-12-13-21(29-19)23(27)28/h4,8,12-13,17-18,20,22,26H,2-3,5-7,9-11,14-15H2,1H3,(H,27,28)/b8-4+/t17-,18-,20?,22?/m0/s1. The lowest BCUT2D eigenvalue weighted by molar-refractivity contribution is -0.0355. The van der Waals surface area contributed by atoms with Gasteiger partial charge in [0.25, 0.3) is 0 Å². The zero-order valence-electron chi connectivity index (χ0n) is 17.3. The number of nitrogens with zero attached hydrogens (tertiary/aromatic N) is 1. The van der Waals surface area contributed by atoms with Crippen LogP contribution in [-0.4, -0.2) is 22.3 Å². The minimum Gasteiger partial charge on any atom is -0.477 e. The van der Waals surface area contributed by atoms with Gasteiger partial charge in [-0.3, -0.25) is 0 Å². The van der Waals surface area contributed by atoms with Crippen molar-refractivity contribution in [3.8, 4) is 6.07 Å². The smallest absolute Gasteiger partial charge is 0.345 e. The number of carboxylic acid groups (broad SMARTS) is 1. The van der Waals surface area contributed by atoms with Crippen LogP contribution in [0.15, 0.2) is 24.3 Å². The van der Waals surface area contributed by atoms with Crippen LogP contribution in [0.1, 0.15) is 79.3 Å². The first-order chi connectivity index (χ1) is 14.0. The second kappa shape index (κ2) is 9.91. The number of aryl methyl sites for hydroxylation is 1. The number of aliphatic hydroxyl groups excluding tert-OH is 1. The SMILES string of the molecule is CCC1(C(O)C/C=C/C2[C@@H](CCCc3ccc(C(=O)O)s3)CC[C@H]2C#N)CCC1. The Bertz CT molecular complexity index is 753. The average Bonchev–Trinajstić information content (AvgIpc) is 3.29. The van der Waals surface area contributed by atoms with Crippen molar-refractivity contribution in [2.24, 2.45) is 23.2 Å². The van der Waals surface area contributed by atoms with E-state index in [-0.39, 0.29) is 23.4 Å². The molecule has 0 radical (unpaired) electrons. The van der Waals surface area contributed by atoms with Gasteiger partial charge in [0.05, 0.1) is 18.1 Å². The Labute approximate surface area is 178 Å². The third-order valence-corrected chi connectivity index (χ3v) is 8.50. The number of hydrogen-bond donors (Lipinski definition) is 2. The summed E-state index contributed by atoms with van der Waals surface area (Å²) in [5.41, 5.74) is 0.129. The van der Waals surface area contributed by atoms with Crippen LogP contribution in [0.2, 0.25) is 0 Å². The molecule has 1 aromatic rings. The Hall–Kier alpha value is -1.64. The summed E-state index contributed by atoms with van der Waals surface area (Å²) < 4.78 is 0. The molecule has 0 spiro atoms. The Morgan fingerprint density at radius 3 is 2.79 bits per heavy atom. The molecule has 1 heterocycles. The molecule has 2 aliphatic rings. The van der Waals surface area contributed by atoms with E-state index in [2.05, 4.69) is 25.1 Å². The predicted octanol–water partition coefficient (Wildman–Crippen LogP) is 5.82. The molecule has 0 aliphatic heterocycles. The molecular weight excluding hydrogens is 382 g/mol. The molecular formula is C24H33NO3S. The number of thiophene rings is 1. The maximum Gasteiger partial charge on any atom is 0.345 e. The molecule has 2 aliphatic carbocycles. The minimum absolute atomic E-state index is 0.0811. The lowest BCUT2D eigenvalue weighted by atomic mass is 9.63. The summed E-state index contributed by atoms with van der Waals surface area (Å²) in [6, 6.07) is 6.10. The number of aromatic carboxylic acids is 1. The molecule has 2 saturated carbocycles. The van der Waals surface area contributed by atoms with Gasteiger partial charge in [-0.15, -0.1) is 11.3 Å². The second-order valence-electron chi connectivity index (χ2n) is 8.86. The number of hydrogen-bond acceptors (Lipinski definition) is 4. The van der Waals surface area contributed by atoms with Crippen molar-refractivity contribution in [2.45, 2.75) is 77.2 Å². The molecule has 2 unspecified atom stereocenters. The van der Waals surface area contributed by atoms with E-state index in [1.165, 1.54) is 17.8 Å². The highest BCUT2D eigenvalue weighted by Gasteiger charge is 2.41. The summed E-state index contributed by atoms with van der Waals surface area (Å²) in [6.07, 6.45) is 14.4. The van der Waals surface area contributed by atoms with Crippen LogP contribution in [0.25, 0.3) is 0 Å². The Morgan fingerprint density at radius 1 is 1.41 bits per heavy atom. The second-order valence-corrected chi connectivity index (χ2v) is 10.0. The topological polar surface area (TPSA) is 81.3 Å². The van der Waals surface area contributed by atoms with Gasteiger partial charge in [0, 0.05) is 4.88 Å². The van der Waals surface area contributed by atoms with E-state index in [4.69, 9.17) is 5.11 Å². The van der Waals surface area contributed by atoms with E-state index in [1.54, 1.807) is 6.07 Å². The van der Waals surface area contributed by atoms with E-state index in [0.717, 1.165) is 56.2 Å². The highest BCUT2D eigenvalue weighted by Crippen LogP contribution is 2.48. The molecule has 29 heavy (non-hydrogen) atoms. The van der Waals surface area contributed by atoms with Gasteiger partial charge in [-0.1, -0.05) is 25.5 Å². The first kappa shape index (κ1) is 22.1. The molecule has 3 rings (SSSR count). The lowest BCUT2D eigenvalue weighted by Gasteiger charge is -2.45. The molecule has 2 fully saturated rings. The fourth-order valence-electron chi connectivity index (χ4n) is 5.22. The van der Waals surface area contributed by atoms with Gasteiger partial charge in [0.1, 0.15) is 4.88 Å². The molecule has 2 N–H and O–H groups in total. The summed E-state index contributed by atoms with van der Waals surface area (Å²) in [4.78, 5) is 12.5. The Kier molecular flexibility index (Phi) is 7.54. The van der Waals surface area contributed by atoms with Gasteiger partial charge in [0.15, 0.2) is 0 Å². The highest BCUT2D eigenvalue weighted by molar-refractivity contribution is 7.13. The molecule has 5 heteroatoms. The van der Waals surface area contributed by atoms with Crippen LogP contribution in [0.3, 0.4) is 0 Å². The lowest BCUT2D eigenvalue weighted by Crippen LogP contribution is -2.40. The zero-order chi connectivity index (χ0) is 20.9. The fraction of sp³-hybridized carbons (Fsp3) is 0.667. The van der Waals surface area contributed by atoms with Gasteiger partial charge >= 0.3 is 5.97 Å². The first-order valence-electron chi connectivity index (χ1n) is 11.1. The fourth-order valence-corrected chi connectivity index (χ4v) is 6.11. The third kappa shape index (κ3) is 5.10. The largest absolute Gasteiger partial charge is 0.477 e. The number of carbonyl (C=O) groups is 1. The number of rotatable bonds is 10. The number of allylic oxidation sites excluding steroid dienone is 1. The molecule has 4 nitrogen and oxygen atoms in total. The van der Waals surface area contributed by atoms with Crippen molar-refractivity contribution in [2.75, 3.05) is 0 Å². The highest BCUT2D eigenvalue weighted by atomic mass is 32.1. The Morgan fingerprint density at radius 2 is 2.21 bits per heavy atom. The van der Waals surface area contributed by atoms with Crippen LogP contribution in [0.5, 0.6) is 0 Å². The maximum absolute atomic E-state index is 11.0. The molecule has 0 bridgehead atoms. The molecule has 0 saturated heterocycles. The predicted molar refractivity (Wildman–Crippen MR) is 116 cm³/mol. The van der Waals surface area contributed by atoms with Crippen molar-refractivity contribution in [1.82, 2.24) is 0 Å². The maximum atomic E-state index is 11.0. The summed E-state index contributed by atoms with van der Waals surface area (Å²) in [5, 5.41) is 29.2. The van der Waals surface area contributed by atoms with Gasteiger partial charge < -0.3 is 10.2 Å². The van der Waals surface area contributed by atoms with Crippen LogP contribution >= 0.6 is 11.3 Å². The van der Waals surface area contributed by atoms with E-state index < -0.39 is 5.97 Å². The monoisotopic (exact) mass is 415 g/mol. The van der Waals surface area contributed by atoms with Crippen molar-refractivity contribution >= 4 is 17.3 Å². The molecule has 0 amide bonds. The number of aliphatic hydroxyl groups is 1. The molecule has 158 valence electrons. The van der Waals surface area contributed by atoms with Crippen molar-refractivity contribution in [1.29, 1.82) is 5.26 Å². The summed E-state index contributed by atoms with van der Waals surface area (Å²) >= 11 is 1.36. The summed E-state index contributed by atoms with van der Waals surface area (Å²) in [7, 11) is 0. The Balaban J connectivity index is 1.51. The van der Waals surface area contributed by atoms with Gasteiger partial charge in [-0.2, -0.15) is 5.26 Å². The molecule has 0 aromatic carbocycles. The van der Waals surface area contributed by atoms with Crippen molar-refractivity contribution in [3.63, 3.8) is 0 Å². The van der Waals surface area contributed by atoms with Crippen molar-refractivity contribution in [3.05, 3.63) is 34.0 Å². The molecule has 4 atom stereocenters. The summed E-state index contributed by atoms with van der Waals surface area (Å²) in [5.74, 6) is 0.0190. The number of nitriles is 1. The number of carboxylic acids is 1. The summed E-state index contributed by atoms with van der Waals surface area (Å²) in [6.45, 7) is 2.18. The van der Waals surface area contributed by atoms with Crippen LogP contribution in [-0.2, 0) is 6.42 Å². The average molecular weight is 416 g/mol. The molecule has 1 aromatic heterocycles. The van der Waals surface area contributed by atoms with Gasteiger partial charge in [0.2, 0.25) is 0 Å². The van der Waals surface area contributed by atoms with Crippen LogP contribution < -0.4 is 0 Å². The zero-order valence-corrected chi connectivity index (χ0v) is 18.2. The van der Waals surface area contributed by atoms with Crippen LogP contribution in [0, 0.1) is 34.5 Å². The minimum atomic E-state index is -0.854. The van der Waals surface area contributed by atoms with E-state index in [0.29, 0.717) is 17.2 Å². The third-order valence-electron chi connectivity index (χ3n) is 7.37.